The van der Waals surface area contributed by atoms with Crippen molar-refractivity contribution in [2.75, 3.05) is 11.9 Å². The van der Waals surface area contributed by atoms with Crippen LogP contribution in [0.3, 0.4) is 0 Å². The fourth-order valence-corrected chi connectivity index (χ4v) is 3.47. The highest BCUT2D eigenvalue weighted by atomic mass is 16.5. The number of nitrogens with zero attached hydrogens (tertiary/aromatic N) is 6. The van der Waals surface area contributed by atoms with Crippen LogP contribution in [0.25, 0.3) is 22.2 Å². The predicted octanol–water partition coefficient (Wildman–Crippen LogP) is 3.86. The molecule has 0 aliphatic rings. The maximum absolute atomic E-state index is 5.78. The average Bonchev–Trinajstić information content (AvgIpc) is 3.30. The molecule has 4 aromatic rings. The quantitative estimate of drug-likeness (QED) is 0.493. The third kappa shape index (κ3) is 3.58. The minimum atomic E-state index is 0.221. The Bertz CT molecular complexity index is 1180. The SMILES string of the molecule is CCOc1ncccc1-c1cnc2c(c(C(C)C)nn2C)c1NCc1noc(C)n1. The van der Waals surface area contributed by atoms with Crippen molar-refractivity contribution in [3.63, 3.8) is 0 Å². The molecule has 0 amide bonds. The van der Waals surface area contributed by atoms with Gasteiger partial charge < -0.3 is 14.6 Å². The molecule has 0 aromatic carbocycles. The monoisotopic (exact) mass is 407 g/mol. The Morgan fingerprint density at radius 3 is 2.77 bits per heavy atom. The molecular formula is C21H25N7O2. The van der Waals surface area contributed by atoms with Crippen LogP contribution in [0.1, 0.15) is 44.1 Å². The van der Waals surface area contributed by atoms with Crippen LogP contribution in [0.4, 0.5) is 5.69 Å². The Hall–Kier alpha value is -3.49. The first-order valence-corrected chi connectivity index (χ1v) is 9.96. The molecule has 0 aliphatic heterocycles. The van der Waals surface area contributed by atoms with Crippen LogP contribution in [-0.4, -0.2) is 36.5 Å². The van der Waals surface area contributed by atoms with Gasteiger partial charge in [0.2, 0.25) is 11.8 Å². The first-order chi connectivity index (χ1) is 14.5. The van der Waals surface area contributed by atoms with E-state index in [1.165, 1.54) is 0 Å². The highest BCUT2D eigenvalue weighted by Crippen LogP contribution is 2.40. The molecule has 0 saturated heterocycles. The maximum Gasteiger partial charge on any atom is 0.223 e. The number of ether oxygens (including phenoxy) is 1. The number of aryl methyl sites for hydroxylation is 2. The van der Waals surface area contributed by atoms with Gasteiger partial charge in [-0.15, -0.1) is 0 Å². The molecule has 0 atom stereocenters. The van der Waals surface area contributed by atoms with Gasteiger partial charge in [0.05, 0.1) is 29.9 Å². The fraction of sp³-hybridized carbons (Fsp3) is 0.381. The number of fused-ring (bicyclic) bond motifs is 1. The summed E-state index contributed by atoms with van der Waals surface area (Å²) in [6, 6.07) is 3.87. The summed E-state index contributed by atoms with van der Waals surface area (Å²) in [5.41, 5.74) is 4.41. The lowest BCUT2D eigenvalue weighted by Crippen LogP contribution is -2.06. The van der Waals surface area contributed by atoms with Crippen LogP contribution in [0.2, 0.25) is 0 Å². The van der Waals surface area contributed by atoms with E-state index < -0.39 is 0 Å². The van der Waals surface area contributed by atoms with Gasteiger partial charge in [-0.05, 0) is 25.0 Å². The summed E-state index contributed by atoms with van der Waals surface area (Å²) in [7, 11) is 1.91. The van der Waals surface area contributed by atoms with E-state index in [1.54, 1.807) is 13.1 Å². The Balaban J connectivity index is 1.92. The molecule has 0 fully saturated rings. The fourth-order valence-electron chi connectivity index (χ4n) is 3.47. The number of hydrogen-bond acceptors (Lipinski definition) is 8. The Morgan fingerprint density at radius 1 is 1.23 bits per heavy atom. The Morgan fingerprint density at radius 2 is 2.07 bits per heavy atom. The largest absolute Gasteiger partial charge is 0.478 e. The summed E-state index contributed by atoms with van der Waals surface area (Å²) in [5, 5.41) is 13.2. The third-order valence-corrected chi connectivity index (χ3v) is 4.76. The van der Waals surface area contributed by atoms with Gasteiger partial charge in [-0.1, -0.05) is 19.0 Å². The van der Waals surface area contributed by atoms with Crippen molar-refractivity contribution >= 4 is 16.7 Å². The minimum absolute atomic E-state index is 0.221. The van der Waals surface area contributed by atoms with E-state index >= 15 is 0 Å². The van der Waals surface area contributed by atoms with Crippen LogP contribution in [-0.2, 0) is 13.6 Å². The summed E-state index contributed by atoms with van der Waals surface area (Å²) in [4.78, 5) is 13.4. The van der Waals surface area contributed by atoms with Crippen molar-refractivity contribution in [3.8, 4) is 17.0 Å². The topological polar surface area (TPSA) is 104 Å². The van der Waals surface area contributed by atoms with Gasteiger partial charge in [-0.25, -0.2) is 9.97 Å². The van der Waals surface area contributed by atoms with Crippen LogP contribution in [0.15, 0.2) is 29.0 Å². The van der Waals surface area contributed by atoms with E-state index in [4.69, 9.17) is 19.3 Å². The van der Waals surface area contributed by atoms with Crippen molar-refractivity contribution in [1.82, 2.24) is 29.9 Å². The van der Waals surface area contributed by atoms with Gasteiger partial charge in [0.1, 0.15) is 0 Å². The standard InChI is InChI=1S/C21H25N7O2/c1-6-29-21-14(8-7-9-22-21)15-10-24-20-17(18(12(2)3)26-28(20)5)19(15)23-11-16-25-13(4)30-27-16/h7-10,12H,6,11H2,1-5H3,(H,23,24). The average molecular weight is 407 g/mol. The molecule has 0 aliphatic carbocycles. The summed E-state index contributed by atoms with van der Waals surface area (Å²) >= 11 is 0. The molecule has 0 radical (unpaired) electrons. The summed E-state index contributed by atoms with van der Waals surface area (Å²) in [6.07, 6.45) is 3.55. The first-order valence-electron chi connectivity index (χ1n) is 9.96. The second-order valence-electron chi connectivity index (χ2n) is 7.28. The summed E-state index contributed by atoms with van der Waals surface area (Å²) < 4.78 is 12.7. The molecule has 4 heterocycles. The number of anilines is 1. The lowest BCUT2D eigenvalue weighted by atomic mass is 10.0. The van der Waals surface area contributed by atoms with Crippen LogP contribution >= 0.6 is 0 Å². The van der Waals surface area contributed by atoms with Gasteiger partial charge >= 0.3 is 0 Å². The molecule has 156 valence electrons. The van der Waals surface area contributed by atoms with Gasteiger partial charge in [0.15, 0.2) is 11.5 Å². The summed E-state index contributed by atoms with van der Waals surface area (Å²) in [6.45, 7) is 8.88. The van der Waals surface area contributed by atoms with E-state index in [9.17, 15) is 0 Å². The van der Waals surface area contributed by atoms with E-state index in [0.717, 1.165) is 33.5 Å². The van der Waals surface area contributed by atoms with Crippen molar-refractivity contribution in [3.05, 3.63) is 41.9 Å². The zero-order valence-electron chi connectivity index (χ0n) is 17.8. The molecule has 30 heavy (non-hydrogen) atoms. The molecular weight excluding hydrogens is 382 g/mol. The van der Waals surface area contributed by atoms with Crippen LogP contribution in [0, 0.1) is 6.92 Å². The maximum atomic E-state index is 5.78. The molecule has 4 aromatic heterocycles. The zero-order valence-corrected chi connectivity index (χ0v) is 17.8. The molecule has 9 heteroatoms. The van der Waals surface area contributed by atoms with E-state index in [-0.39, 0.29) is 5.92 Å². The Labute approximate surface area is 174 Å². The van der Waals surface area contributed by atoms with Crippen molar-refractivity contribution in [2.45, 2.75) is 40.2 Å². The number of nitrogens with one attached hydrogen (secondary N) is 1. The normalized spacial score (nSPS) is 11.4. The van der Waals surface area contributed by atoms with Crippen molar-refractivity contribution in [2.24, 2.45) is 7.05 Å². The van der Waals surface area contributed by atoms with Crippen LogP contribution < -0.4 is 10.1 Å². The molecule has 9 nitrogen and oxygen atoms in total. The predicted molar refractivity (Wildman–Crippen MR) is 113 cm³/mol. The molecule has 1 N–H and O–H groups in total. The minimum Gasteiger partial charge on any atom is -0.478 e. The second-order valence-corrected chi connectivity index (χ2v) is 7.28. The van der Waals surface area contributed by atoms with Gasteiger partial charge in [0.25, 0.3) is 0 Å². The van der Waals surface area contributed by atoms with E-state index in [1.807, 2.05) is 37.0 Å². The van der Waals surface area contributed by atoms with Crippen molar-refractivity contribution < 1.29 is 9.26 Å². The molecule has 0 bridgehead atoms. The van der Waals surface area contributed by atoms with Gasteiger partial charge in [-0.2, -0.15) is 10.1 Å². The second kappa shape index (κ2) is 8.10. The van der Waals surface area contributed by atoms with Gasteiger partial charge in [-0.3, -0.25) is 4.68 Å². The molecule has 4 rings (SSSR count). The van der Waals surface area contributed by atoms with Crippen LogP contribution in [0.5, 0.6) is 5.88 Å². The number of pyridine rings is 2. The molecule has 0 spiro atoms. The number of rotatable bonds is 7. The smallest absolute Gasteiger partial charge is 0.223 e. The van der Waals surface area contributed by atoms with Crippen molar-refractivity contribution in [1.29, 1.82) is 0 Å². The first kappa shape index (κ1) is 19.8. The number of hydrogen-bond donors (Lipinski definition) is 1. The number of aromatic nitrogens is 6. The molecule has 0 saturated carbocycles. The molecule has 0 unspecified atom stereocenters. The van der Waals surface area contributed by atoms with Gasteiger partial charge in [0, 0.05) is 37.5 Å². The lowest BCUT2D eigenvalue weighted by Gasteiger charge is -2.16. The lowest BCUT2D eigenvalue weighted by molar-refractivity contribution is 0.328. The van der Waals surface area contributed by atoms with E-state index in [2.05, 4.69) is 34.3 Å². The Kier molecular flexibility index (Phi) is 5.35. The summed E-state index contributed by atoms with van der Waals surface area (Å²) in [5.74, 6) is 1.89. The highest BCUT2D eigenvalue weighted by Gasteiger charge is 2.22. The highest BCUT2D eigenvalue weighted by molar-refractivity contribution is 6.00. The third-order valence-electron chi connectivity index (χ3n) is 4.76. The zero-order chi connectivity index (χ0) is 21.3. The van der Waals surface area contributed by atoms with E-state index in [0.29, 0.717) is 30.7 Å².